The number of para-hydroxylation sites is 1. The summed E-state index contributed by atoms with van der Waals surface area (Å²) in [6.07, 6.45) is 0.486. The average Bonchev–Trinajstić information content (AvgIpc) is 3.50. The highest BCUT2D eigenvalue weighted by molar-refractivity contribution is 7.17. The summed E-state index contributed by atoms with van der Waals surface area (Å²) in [5.74, 6) is -0.700. The number of aromatic amines is 1. The van der Waals surface area contributed by atoms with Crippen LogP contribution in [-0.2, 0) is 20.7 Å². The van der Waals surface area contributed by atoms with Gasteiger partial charge >= 0.3 is 11.9 Å². The summed E-state index contributed by atoms with van der Waals surface area (Å²) in [6, 6.07) is 13.5. The molecule has 0 fully saturated rings. The van der Waals surface area contributed by atoms with Gasteiger partial charge in [-0.25, -0.2) is 9.59 Å². The molecule has 0 spiro atoms. The predicted octanol–water partition coefficient (Wildman–Crippen LogP) is 4.19. The van der Waals surface area contributed by atoms with Gasteiger partial charge in [-0.15, -0.1) is 11.3 Å². The van der Waals surface area contributed by atoms with E-state index in [-0.39, 0.29) is 24.5 Å². The van der Waals surface area contributed by atoms with Crippen molar-refractivity contribution in [2.24, 2.45) is 0 Å². The van der Waals surface area contributed by atoms with E-state index in [9.17, 15) is 19.2 Å². The first-order valence-corrected chi connectivity index (χ1v) is 12.9. The molecule has 3 heterocycles. The molecule has 5 rings (SSSR count). The molecule has 2 N–H and O–H groups in total. The zero-order chi connectivity index (χ0) is 27.5. The van der Waals surface area contributed by atoms with Crippen LogP contribution in [0.2, 0.25) is 0 Å². The van der Waals surface area contributed by atoms with Gasteiger partial charge in [-0.2, -0.15) is 0 Å². The van der Waals surface area contributed by atoms with E-state index in [4.69, 9.17) is 18.9 Å². The maximum atomic E-state index is 12.8. The molecular formula is C28H24N2O8S. The van der Waals surface area contributed by atoms with Gasteiger partial charge in [-0.1, -0.05) is 24.3 Å². The fourth-order valence-electron chi connectivity index (χ4n) is 4.25. The molecule has 0 saturated carbocycles. The number of fused-ring (bicyclic) bond motifs is 2. The quantitative estimate of drug-likeness (QED) is 0.313. The van der Waals surface area contributed by atoms with Crippen LogP contribution in [0.1, 0.15) is 43.6 Å². The summed E-state index contributed by atoms with van der Waals surface area (Å²) in [6.45, 7) is 3.21. The number of aromatic nitrogens is 1. The van der Waals surface area contributed by atoms with Crippen molar-refractivity contribution in [1.82, 2.24) is 4.98 Å². The van der Waals surface area contributed by atoms with E-state index < -0.39 is 30.0 Å². The minimum absolute atomic E-state index is 0.0485. The van der Waals surface area contributed by atoms with Gasteiger partial charge < -0.3 is 29.2 Å². The number of hydrogen-bond acceptors (Lipinski definition) is 9. The zero-order valence-electron chi connectivity index (χ0n) is 21.1. The van der Waals surface area contributed by atoms with Gasteiger partial charge in [0.25, 0.3) is 5.91 Å². The number of nitrogens with one attached hydrogen (secondary N) is 2. The summed E-state index contributed by atoms with van der Waals surface area (Å²) < 4.78 is 21.3. The average molecular weight is 549 g/mol. The molecule has 4 aromatic rings. The zero-order valence-corrected chi connectivity index (χ0v) is 21.9. The van der Waals surface area contributed by atoms with Crippen molar-refractivity contribution < 1.29 is 33.3 Å². The molecule has 11 heteroatoms. The number of hydrogen-bond donors (Lipinski definition) is 2. The third-order valence-corrected chi connectivity index (χ3v) is 7.29. The third kappa shape index (κ3) is 5.48. The second-order valence-corrected chi connectivity index (χ2v) is 9.76. The lowest BCUT2D eigenvalue weighted by Gasteiger charge is -2.09. The minimum Gasteiger partial charge on any atom is -0.462 e. The highest BCUT2D eigenvalue weighted by atomic mass is 32.1. The number of esters is 2. The third-order valence-electron chi connectivity index (χ3n) is 6.08. The summed E-state index contributed by atoms with van der Waals surface area (Å²) >= 11 is 1.24. The molecular weight excluding hydrogens is 524 g/mol. The largest absolute Gasteiger partial charge is 0.462 e. The van der Waals surface area contributed by atoms with E-state index in [1.807, 2.05) is 18.2 Å². The Hall–Kier alpha value is -4.64. The van der Waals surface area contributed by atoms with Gasteiger partial charge in [0.15, 0.2) is 18.1 Å². The molecule has 2 aromatic heterocycles. The summed E-state index contributed by atoms with van der Waals surface area (Å²) in [7, 11) is 0. The number of anilines is 1. The molecule has 0 bridgehead atoms. The van der Waals surface area contributed by atoms with Crippen molar-refractivity contribution >= 4 is 45.1 Å². The predicted molar refractivity (Wildman–Crippen MR) is 144 cm³/mol. The lowest BCUT2D eigenvalue weighted by atomic mass is 10.1. The molecule has 0 atom stereocenters. The Morgan fingerprint density at radius 2 is 1.82 bits per heavy atom. The Bertz CT molecular complexity index is 1660. The van der Waals surface area contributed by atoms with Crippen molar-refractivity contribution in [2.45, 2.75) is 20.3 Å². The molecule has 1 amide bonds. The standard InChI is InChI=1S/C28H24N2O8S/c1-3-35-28(34)25-15(2)22(11-16-8-9-20-21(10-16)38-14-37-20)39-26(25)30-24(32)13-36-27(33)18-12-23(31)29-19-7-5-4-6-17(18)19/h4-10,12H,3,11,13-14H2,1-2H3,(H,29,31)(H,30,32). The Morgan fingerprint density at radius 3 is 2.64 bits per heavy atom. The molecule has 0 aliphatic carbocycles. The second-order valence-electron chi connectivity index (χ2n) is 8.66. The fourth-order valence-corrected chi connectivity index (χ4v) is 5.49. The molecule has 1 aliphatic heterocycles. The molecule has 2 aromatic carbocycles. The first kappa shape index (κ1) is 26.0. The summed E-state index contributed by atoms with van der Waals surface area (Å²) in [5.41, 5.74) is 1.93. The van der Waals surface area contributed by atoms with E-state index in [2.05, 4.69) is 10.3 Å². The van der Waals surface area contributed by atoms with E-state index in [0.717, 1.165) is 16.5 Å². The van der Waals surface area contributed by atoms with Gasteiger partial charge in [0.05, 0.1) is 17.7 Å². The normalized spacial score (nSPS) is 11.8. The number of carbonyl (C=O) groups is 3. The fraction of sp³-hybridized carbons (Fsp3) is 0.214. The van der Waals surface area contributed by atoms with Crippen LogP contribution in [0.25, 0.3) is 10.9 Å². The topological polar surface area (TPSA) is 133 Å². The maximum Gasteiger partial charge on any atom is 0.341 e. The summed E-state index contributed by atoms with van der Waals surface area (Å²) in [4.78, 5) is 53.7. The van der Waals surface area contributed by atoms with Crippen LogP contribution in [0.15, 0.2) is 53.3 Å². The van der Waals surface area contributed by atoms with E-state index >= 15 is 0 Å². The SMILES string of the molecule is CCOC(=O)c1c(NC(=O)COC(=O)c2cc(=O)[nH]c3ccccc23)sc(Cc2ccc3c(c2)OCO3)c1C. The Balaban J connectivity index is 1.33. The lowest BCUT2D eigenvalue weighted by molar-refractivity contribution is -0.119. The van der Waals surface area contributed by atoms with Crippen LogP contribution >= 0.6 is 11.3 Å². The van der Waals surface area contributed by atoms with E-state index in [1.165, 1.54) is 11.3 Å². The van der Waals surface area contributed by atoms with Crippen LogP contribution in [0.3, 0.4) is 0 Å². The second kappa shape index (κ2) is 11.0. The number of pyridine rings is 1. The first-order chi connectivity index (χ1) is 18.8. The first-order valence-electron chi connectivity index (χ1n) is 12.1. The molecule has 39 heavy (non-hydrogen) atoms. The van der Waals surface area contributed by atoms with Crippen LogP contribution < -0.4 is 20.3 Å². The van der Waals surface area contributed by atoms with Crippen molar-refractivity contribution in [3.8, 4) is 11.5 Å². The van der Waals surface area contributed by atoms with Gasteiger partial charge in [0.2, 0.25) is 12.4 Å². The number of carbonyl (C=O) groups excluding carboxylic acids is 3. The molecule has 0 radical (unpaired) electrons. The van der Waals surface area contributed by atoms with Crippen molar-refractivity contribution in [3.63, 3.8) is 0 Å². The smallest absolute Gasteiger partial charge is 0.341 e. The van der Waals surface area contributed by atoms with E-state index in [1.54, 1.807) is 38.1 Å². The molecule has 200 valence electrons. The monoisotopic (exact) mass is 548 g/mol. The number of H-pyrrole nitrogens is 1. The van der Waals surface area contributed by atoms with Crippen LogP contribution in [0.5, 0.6) is 11.5 Å². The van der Waals surface area contributed by atoms with Crippen molar-refractivity contribution in [1.29, 1.82) is 0 Å². The van der Waals surface area contributed by atoms with Crippen LogP contribution in [0, 0.1) is 6.92 Å². The van der Waals surface area contributed by atoms with Crippen LogP contribution in [0.4, 0.5) is 5.00 Å². The lowest BCUT2D eigenvalue weighted by Crippen LogP contribution is -2.22. The Labute approximate surface area is 226 Å². The van der Waals surface area contributed by atoms with Gasteiger partial charge in [-0.05, 0) is 43.2 Å². The molecule has 0 unspecified atom stereocenters. The number of thiophene rings is 1. The Kier molecular flexibility index (Phi) is 7.33. The molecule has 1 aliphatic rings. The van der Waals surface area contributed by atoms with Crippen molar-refractivity contribution in [2.75, 3.05) is 25.3 Å². The van der Waals surface area contributed by atoms with Gasteiger partial charge in [0, 0.05) is 28.3 Å². The molecule has 10 nitrogen and oxygen atoms in total. The van der Waals surface area contributed by atoms with Gasteiger partial charge in [0.1, 0.15) is 5.00 Å². The molecule has 0 saturated heterocycles. The van der Waals surface area contributed by atoms with Crippen molar-refractivity contribution in [3.05, 3.63) is 86.0 Å². The Morgan fingerprint density at radius 1 is 1.03 bits per heavy atom. The minimum atomic E-state index is -0.816. The van der Waals surface area contributed by atoms with E-state index in [0.29, 0.717) is 39.4 Å². The maximum absolute atomic E-state index is 12.8. The van der Waals surface area contributed by atoms with Crippen LogP contribution in [-0.4, -0.2) is 42.8 Å². The number of rotatable bonds is 8. The number of amides is 1. The number of benzene rings is 2. The summed E-state index contributed by atoms with van der Waals surface area (Å²) in [5, 5.41) is 3.47. The highest BCUT2D eigenvalue weighted by Gasteiger charge is 2.25. The van der Waals surface area contributed by atoms with Gasteiger partial charge in [-0.3, -0.25) is 9.59 Å². The number of ether oxygens (including phenoxy) is 4. The highest BCUT2D eigenvalue weighted by Crippen LogP contribution is 2.37.